The van der Waals surface area contributed by atoms with Gasteiger partial charge < -0.3 is 9.47 Å². The maximum Gasteiger partial charge on any atom is 0.349 e. The van der Waals surface area contributed by atoms with Gasteiger partial charge in [0.05, 0.1) is 6.61 Å². The van der Waals surface area contributed by atoms with E-state index in [4.69, 9.17) is 16.3 Å². The molecule has 0 radical (unpaired) electrons. The second-order valence-electron chi connectivity index (χ2n) is 1.74. The second kappa shape index (κ2) is 6.19. The fourth-order valence-corrected chi connectivity index (χ4v) is 0.470. The van der Waals surface area contributed by atoms with Crippen molar-refractivity contribution < 1.29 is 14.3 Å². The van der Waals surface area contributed by atoms with Crippen molar-refractivity contribution in [3.05, 3.63) is 11.6 Å². The molecule has 0 fully saturated rings. The minimum absolute atomic E-state index is 0.110. The number of hydrogen-bond donors (Lipinski definition) is 0. The number of rotatable bonds is 5. The average molecular weight is 179 g/mol. The van der Waals surface area contributed by atoms with Crippen LogP contribution in [0, 0.1) is 0 Å². The summed E-state index contributed by atoms with van der Waals surface area (Å²) in [5.74, 6) is -0.591. The Balaban J connectivity index is 3.25. The Morgan fingerprint density at radius 2 is 2.18 bits per heavy atom. The van der Waals surface area contributed by atoms with Gasteiger partial charge in [0.2, 0.25) is 0 Å². The molecule has 0 N–H and O–H groups in total. The Kier molecular flexibility index (Phi) is 5.88. The first kappa shape index (κ1) is 10.5. The lowest BCUT2D eigenvalue weighted by Gasteiger charge is -2.02. The van der Waals surface area contributed by atoms with Gasteiger partial charge in [0.25, 0.3) is 0 Å². The second-order valence-corrected chi connectivity index (χ2v) is 2.19. The third-order valence-corrected chi connectivity index (χ3v) is 1.04. The predicted octanol–water partition coefficient (Wildman–Crippen LogP) is 1.32. The number of ether oxygens (including phenoxy) is 2. The van der Waals surface area contributed by atoms with E-state index in [0.717, 1.165) is 0 Å². The van der Waals surface area contributed by atoms with E-state index in [9.17, 15) is 4.79 Å². The molecule has 11 heavy (non-hydrogen) atoms. The van der Waals surface area contributed by atoms with Gasteiger partial charge in [0.1, 0.15) is 11.6 Å². The van der Waals surface area contributed by atoms with Gasteiger partial charge in [-0.3, -0.25) is 0 Å². The molecule has 0 aliphatic carbocycles. The molecule has 0 spiro atoms. The number of carbonyl (C=O) groups excluding carboxylic acids is 1. The molecular weight excluding hydrogens is 168 g/mol. The van der Waals surface area contributed by atoms with Crippen LogP contribution in [0.2, 0.25) is 0 Å². The Bertz CT molecular complexity index is 145. The molecule has 0 aromatic carbocycles. The standard InChI is InChI=1S/C7H11ClO3/c1-3-10-4-5-11-7(9)6(2)8/h2-5H2,1H3. The van der Waals surface area contributed by atoms with Crippen molar-refractivity contribution >= 4 is 17.6 Å². The first-order chi connectivity index (χ1) is 5.18. The SMILES string of the molecule is C=C(Cl)C(=O)OCCOCC. The summed E-state index contributed by atoms with van der Waals surface area (Å²) in [4.78, 5) is 10.6. The Labute approximate surface area is 70.9 Å². The van der Waals surface area contributed by atoms with Gasteiger partial charge in [-0.25, -0.2) is 4.79 Å². The van der Waals surface area contributed by atoms with Gasteiger partial charge in [-0.15, -0.1) is 0 Å². The molecule has 0 aromatic heterocycles. The Morgan fingerprint density at radius 3 is 2.64 bits per heavy atom. The van der Waals surface area contributed by atoms with E-state index in [1.54, 1.807) is 0 Å². The zero-order chi connectivity index (χ0) is 8.69. The molecule has 0 rings (SSSR count). The Morgan fingerprint density at radius 1 is 1.55 bits per heavy atom. The normalized spacial score (nSPS) is 9.27. The maximum absolute atomic E-state index is 10.6. The quantitative estimate of drug-likeness (QED) is 0.362. The van der Waals surface area contributed by atoms with Crippen molar-refractivity contribution in [2.75, 3.05) is 19.8 Å². The molecule has 0 saturated carbocycles. The van der Waals surface area contributed by atoms with Crippen molar-refractivity contribution in [2.45, 2.75) is 6.92 Å². The van der Waals surface area contributed by atoms with Crippen LogP contribution in [0.1, 0.15) is 6.92 Å². The van der Waals surface area contributed by atoms with Gasteiger partial charge in [-0.2, -0.15) is 0 Å². The average Bonchev–Trinajstić information content (AvgIpc) is 1.97. The molecule has 0 aliphatic rings. The van der Waals surface area contributed by atoms with Crippen molar-refractivity contribution in [1.82, 2.24) is 0 Å². The molecule has 0 amide bonds. The maximum atomic E-state index is 10.6. The van der Waals surface area contributed by atoms with Crippen LogP contribution >= 0.6 is 11.6 Å². The summed E-state index contributed by atoms with van der Waals surface area (Å²) < 4.78 is 9.52. The van der Waals surface area contributed by atoms with E-state index in [0.29, 0.717) is 13.2 Å². The third-order valence-electron chi connectivity index (χ3n) is 0.886. The van der Waals surface area contributed by atoms with Gasteiger partial charge in [-0.05, 0) is 6.92 Å². The smallest absolute Gasteiger partial charge is 0.349 e. The van der Waals surface area contributed by atoms with Crippen LogP contribution in [-0.4, -0.2) is 25.8 Å². The lowest BCUT2D eigenvalue weighted by atomic mass is 10.6. The molecule has 0 aliphatic heterocycles. The van der Waals surface area contributed by atoms with Gasteiger partial charge in [-0.1, -0.05) is 18.2 Å². The zero-order valence-electron chi connectivity index (χ0n) is 6.43. The van der Waals surface area contributed by atoms with E-state index in [1.807, 2.05) is 6.92 Å². The molecule has 0 heterocycles. The van der Waals surface area contributed by atoms with E-state index in [2.05, 4.69) is 11.3 Å². The first-order valence-corrected chi connectivity index (χ1v) is 3.65. The van der Waals surface area contributed by atoms with E-state index in [-0.39, 0.29) is 11.6 Å². The number of halogens is 1. The van der Waals surface area contributed by atoms with Crippen LogP contribution < -0.4 is 0 Å². The Hall–Kier alpha value is -0.540. The lowest BCUT2D eigenvalue weighted by molar-refractivity contribution is -0.139. The van der Waals surface area contributed by atoms with Crippen molar-refractivity contribution in [3.63, 3.8) is 0 Å². The van der Waals surface area contributed by atoms with Crippen LogP contribution in [0.25, 0.3) is 0 Å². The third kappa shape index (κ3) is 5.88. The summed E-state index contributed by atoms with van der Waals surface area (Å²) in [6.45, 7) is 6.29. The van der Waals surface area contributed by atoms with Crippen LogP contribution in [0.15, 0.2) is 11.6 Å². The molecule has 0 aromatic rings. The molecule has 0 unspecified atom stereocenters. The highest BCUT2D eigenvalue weighted by atomic mass is 35.5. The lowest BCUT2D eigenvalue weighted by Crippen LogP contribution is -2.09. The summed E-state index contributed by atoms with van der Waals surface area (Å²) in [6, 6.07) is 0. The zero-order valence-corrected chi connectivity index (χ0v) is 7.19. The molecule has 3 nitrogen and oxygen atoms in total. The first-order valence-electron chi connectivity index (χ1n) is 3.27. The van der Waals surface area contributed by atoms with Crippen LogP contribution in [0.4, 0.5) is 0 Å². The molecule has 0 saturated heterocycles. The fourth-order valence-electron chi connectivity index (χ4n) is 0.416. The van der Waals surface area contributed by atoms with E-state index < -0.39 is 5.97 Å². The molecule has 4 heteroatoms. The number of hydrogen-bond acceptors (Lipinski definition) is 3. The van der Waals surface area contributed by atoms with Gasteiger partial charge in [0.15, 0.2) is 0 Å². The van der Waals surface area contributed by atoms with E-state index >= 15 is 0 Å². The van der Waals surface area contributed by atoms with Crippen LogP contribution in [-0.2, 0) is 14.3 Å². The van der Waals surface area contributed by atoms with Crippen LogP contribution in [0.3, 0.4) is 0 Å². The van der Waals surface area contributed by atoms with Crippen molar-refractivity contribution in [3.8, 4) is 0 Å². The summed E-state index contributed by atoms with van der Waals surface area (Å²) in [6.07, 6.45) is 0. The van der Waals surface area contributed by atoms with Gasteiger partial charge >= 0.3 is 5.97 Å². The number of carbonyl (C=O) groups is 1. The van der Waals surface area contributed by atoms with Crippen molar-refractivity contribution in [2.24, 2.45) is 0 Å². The summed E-state index contributed by atoms with van der Waals surface area (Å²) >= 11 is 5.23. The highest BCUT2D eigenvalue weighted by Gasteiger charge is 2.03. The minimum atomic E-state index is -0.591. The molecule has 64 valence electrons. The van der Waals surface area contributed by atoms with Gasteiger partial charge in [0, 0.05) is 6.61 Å². The highest BCUT2D eigenvalue weighted by Crippen LogP contribution is 1.98. The summed E-state index contributed by atoms with van der Waals surface area (Å²) in [5.41, 5.74) is 0. The highest BCUT2D eigenvalue weighted by molar-refractivity contribution is 6.40. The predicted molar refractivity (Wildman–Crippen MR) is 42.4 cm³/mol. The number of esters is 1. The summed E-state index contributed by atoms with van der Waals surface area (Å²) in [7, 11) is 0. The molecule has 0 bridgehead atoms. The minimum Gasteiger partial charge on any atom is -0.459 e. The van der Waals surface area contributed by atoms with Crippen molar-refractivity contribution in [1.29, 1.82) is 0 Å². The fraction of sp³-hybridized carbons (Fsp3) is 0.571. The largest absolute Gasteiger partial charge is 0.459 e. The molecule has 0 atom stereocenters. The topological polar surface area (TPSA) is 35.5 Å². The molecular formula is C7H11ClO3. The summed E-state index contributed by atoms with van der Waals surface area (Å²) in [5, 5.41) is -0.110. The van der Waals surface area contributed by atoms with E-state index in [1.165, 1.54) is 0 Å². The van der Waals surface area contributed by atoms with Crippen LogP contribution in [0.5, 0.6) is 0 Å². The monoisotopic (exact) mass is 178 g/mol.